The van der Waals surface area contributed by atoms with E-state index >= 15 is 0 Å². The molecular formula is C17H22O3Si. The summed E-state index contributed by atoms with van der Waals surface area (Å²) in [5.41, 5.74) is 2.00. The van der Waals surface area contributed by atoms with E-state index in [4.69, 9.17) is 20.0 Å². The molecular weight excluding hydrogens is 280 g/mol. The van der Waals surface area contributed by atoms with Crippen molar-refractivity contribution in [3.8, 4) is 18.1 Å². The van der Waals surface area contributed by atoms with E-state index in [0.29, 0.717) is 0 Å². The van der Waals surface area contributed by atoms with Gasteiger partial charge in [0, 0.05) is 5.39 Å². The minimum absolute atomic E-state index is 0.124. The lowest BCUT2D eigenvalue weighted by Gasteiger charge is -2.22. The van der Waals surface area contributed by atoms with Gasteiger partial charge in [-0.2, -0.15) is 0 Å². The average molecular weight is 302 g/mol. The van der Waals surface area contributed by atoms with Crippen LogP contribution in [0.5, 0.6) is 5.75 Å². The fourth-order valence-corrected chi connectivity index (χ4v) is 3.40. The summed E-state index contributed by atoms with van der Waals surface area (Å²) < 4.78 is 16.8. The number of methoxy groups -OCH3 is 1. The van der Waals surface area contributed by atoms with Crippen LogP contribution < -0.4 is 4.74 Å². The summed E-state index contributed by atoms with van der Waals surface area (Å²) >= 11 is 0. The zero-order chi connectivity index (χ0) is 15.5. The van der Waals surface area contributed by atoms with Gasteiger partial charge in [0.15, 0.2) is 19.6 Å². The molecule has 21 heavy (non-hydrogen) atoms. The van der Waals surface area contributed by atoms with Crippen LogP contribution in [0.3, 0.4) is 0 Å². The van der Waals surface area contributed by atoms with Crippen molar-refractivity contribution in [3.05, 3.63) is 30.0 Å². The Kier molecular flexibility index (Phi) is 4.76. The molecule has 1 atom stereocenters. The highest BCUT2D eigenvalue weighted by molar-refractivity contribution is 6.69. The number of fused-ring (bicyclic) bond motifs is 1. The summed E-state index contributed by atoms with van der Waals surface area (Å²) in [7, 11) is 0.0301. The van der Waals surface area contributed by atoms with Crippen LogP contribution in [-0.4, -0.2) is 21.5 Å². The summed E-state index contributed by atoms with van der Waals surface area (Å²) in [6.07, 6.45) is 8.83. The third-order valence-corrected chi connectivity index (χ3v) is 4.24. The Morgan fingerprint density at radius 1 is 1.29 bits per heavy atom. The molecule has 0 bridgehead atoms. The first kappa shape index (κ1) is 15.7. The first-order valence-corrected chi connectivity index (χ1v) is 10.5. The second-order valence-corrected chi connectivity index (χ2v) is 10.5. The molecule has 3 nitrogen and oxygen atoms in total. The van der Waals surface area contributed by atoms with Crippen LogP contribution in [0.2, 0.25) is 19.6 Å². The standard InChI is InChI=1S/C17H22O3Si/c1-6-14(20-21(3,4)5)9-7-13-8-10-16(18-2)17-15(13)11-12-19-17/h1,8,10-12,14H,7,9H2,2-5H3. The topological polar surface area (TPSA) is 31.6 Å². The number of hydrogen-bond donors (Lipinski definition) is 0. The first-order chi connectivity index (χ1) is 9.94. The summed E-state index contributed by atoms with van der Waals surface area (Å²) in [6.45, 7) is 6.46. The maximum absolute atomic E-state index is 6.00. The van der Waals surface area contributed by atoms with E-state index in [0.717, 1.165) is 29.6 Å². The Labute approximate surface area is 127 Å². The molecule has 0 aliphatic heterocycles. The van der Waals surface area contributed by atoms with Crippen molar-refractivity contribution in [1.29, 1.82) is 0 Å². The predicted octanol–water partition coefficient (Wildman–Crippen LogP) is 4.23. The Bertz CT molecular complexity index is 646. The normalized spacial score (nSPS) is 13.1. The number of hydrogen-bond acceptors (Lipinski definition) is 3. The van der Waals surface area contributed by atoms with Crippen molar-refractivity contribution in [2.45, 2.75) is 38.6 Å². The summed E-state index contributed by atoms with van der Waals surface area (Å²) in [5.74, 6) is 3.51. The van der Waals surface area contributed by atoms with Gasteiger partial charge >= 0.3 is 0 Å². The van der Waals surface area contributed by atoms with Gasteiger partial charge in [0.25, 0.3) is 0 Å². The van der Waals surface area contributed by atoms with Crippen molar-refractivity contribution in [3.63, 3.8) is 0 Å². The second-order valence-electron chi connectivity index (χ2n) is 6.01. The maximum atomic E-state index is 6.00. The van der Waals surface area contributed by atoms with E-state index in [2.05, 4.69) is 31.6 Å². The number of rotatable bonds is 6. The molecule has 2 rings (SSSR count). The van der Waals surface area contributed by atoms with E-state index in [1.54, 1.807) is 13.4 Å². The molecule has 0 spiro atoms. The van der Waals surface area contributed by atoms with Gasteiger partial charge in [-0.1, -0.05) is 12.0 Å². The van der Waals surface area contributed by atoms with E-state index < -0.39 is 8.32 Å². The third-order valence-electron chi connectivity index (χ3n) is 3.25. The highest BCUT2D eigenvalue weighted by atomic mass is 28.4. The fraction of sp³-hybridized carbons (Fsp3) is 0.412. The predicted molar refractivity (Wildman–Crippen MR) is 88.1 cm³/mol. The average Bonchev–Trinajstić information content (AvgIpc) is 2.91. The highest BCUT2D eigenvalue weighted by Gasteiger charge is 2.20. The van der Waals surface area contributed by atoms with Crippen molar-refractivity contribution in [2.24, 2.45) is 0 Å². The minimum Gasteiger partial charge on any atom is -0.493 e. The number of aryl methyl sites for hydroxylation is 1. The van der Waals surface area contributed by atoms with Crippen LogP contribution in [-0.2, 0) is 10.8 Å². The van der Waals surface area contributed by atoms with E-state index in [-0.39, 0.29) is 6.10 Å². The van der Waals surface area contributed by atoms with Gasteiger partial charge in [0.2, 0.25) is 0 Å². The second kappa shape index (κ2) is 6.38. The molecule has 1 aromatic carbocycles. The van der Waals surface area contributed by atoms with Crippen LogP contribution in [0.15, 0.2) is 28.9 Å². The number of furan rings is 1. The number of benzene rings is 1. The van der Waals surface area contributed by atoms with Gasteiger partial charge in [-0.25, -0.2) is 0 Å². The summed E-state index contributed by atoms with van der Waals surface area (Å²) in [6, 6.07) is 5.97. The molecule has 0 aliphatic carbocycles. The van der Waals surface area contributed by atoms with Crippen molar-refractivity contribution >= 4 is 19.3 Å². The Hall–Kier alpha value is -1.70. The summed E-state index contributed by atoms with van der Waals surface area (Å²) in [4.78, 5) is 0. The third kappa shape index (κ3) is 3.90. The van der Waals surface area contributed by atoms with Gasteiger partial charge < -0.3 is 13.6 Å². The van der Waals surface area contributed by atoms with Crippen LogP contribution in [0.25, 0.3) is 11.0 Å². The molecule has 1 aromatic heterocycles. The Balaban J connectivity index is 2.14. The van der Waals surface area contributed by atoms with Crippen molar-refractivity contribution in [1.82, 2.24) is 0 Å². The fourth-order valence-electron chi connectivity index (χ4n) is 2.36. The smallest absolute Gasteiger partial charge is 0.185 e. The molecule has 0 N–H and O–H groups in total. The van der Waals surface area contributed by atoms with Crippen LogP contribution >= 0.6 is 0 Å². The Morgan fingerprint density at radius 2 is 2.05 bits per heavy atom. The first-order valence-electron chi connectivity index (χ1n) is 7.11. The highest BCUT2D eigenvalue weighted by Crippen LogP contribution is 2.30. The van der Waals surface area contributed by atoms with Gasteiger partial charge in [0.05, 0.1) is 13.4 Å². The van der Waals surface area contributed by atoms with Crippen molar-refractivity contribution < 1.29 is 13.6 Å². The van der Waals surface area contributed by atoms with Crippen molar-refractivity contribution in [2.75, 3.05) is 7.11 Å². The molecule has 1 unspecified atom stereocenters. The zero-order valence-electron chi connectivity index (χ0n) is 13.1. The maximum Gasteiger partial charge on any atom is 0.185 e. The monoisotopic (exact) mass is 302 g/mol. The molecule has 0 radical (unpaired) electrons. The van der Waals surface area contributed by atoms with Crippen LogP contribution in [0.1, 0.15) is 12.0 Å². The molecule has 0 saturated carbocycles. The van der Waals surface area contributed by atoms with E-state index in [9.17, 15) is 0 Å². The van der Waals surface area contributed by atoms with Gasteiger partial charge in [-0.05, 0) is 50.2 Å². The molecule has 1 heterocycles. The molecule has 0 fully saturated rings. The van der Waals surface area contributed by atoms with Gasteiger partial charge in [-0.3, -0.25) is 0 Å². The van der Waals surface area contributed by atoms with Crippen LogP contribution in [0, 0.1) is 12.3 Å². The number of ether oxygens (including phenoxy) is 1. The van der Waals surface area contributed by atoms with Crippen LogP contribution in [0.4, 0.5) is 0 Å². The lowest BCUT2D eigenvalue weighted by Crippen LogP contribution is -2.31. The van der Waals surface area contributed by atoms with E-state index in [1.165, 1.54) is 5.56 Å². The molecule has 0 aliphatic rings. The van der Waals surface area contributed by atoms with Gasteiger partial charge in [-0.15, -0.1) is 6.42 Å². The summed E-state index contributed by atoms with van der Waals surface area (Å²) in [5, 5.41) is 1.08. The number of terminal acetylenes is 1. The lowest BCUT2D eigenvalue weighted by atomic mass is 10.0. The molecule has 0 saturated heterocycles. The van der Waals surface area contributed by atoms with Gasteiger partial charge in [0.1, 0.15) is 6.10 Å². The zero-order valence-corrected chi connectivity index (χ0v) is 14.1. The quantitative estimate of drug-likeness (QED) is 0.591. The largest absolute Gasteiger partial charge is 0.493 e. The molecule has 2 aromatic rings. The molecule has 112 valence electrons. The molecule has 0 amide bonds. The Morgan fingerprint density at radius 3 is 2.67 bits per heavy atom. The molecule has 4 heteroatoms. The lowest BCUT2D eigenvalue weighted by molar-refractivity contribution is 0.241. The SMILES string of the molecule is C#CC(CCc1ccc(OC)c2occc12)O[Si](C)(C)C. The minimum atomic E-state index is -1.62. The van der Waals surface area contributed by atoms with E-state index in [1.807, 2.05) is 12.1 Å².